The van der Waals surface area contributed by atoms with E-state index in [1.165, 1.54) is 0 Å². The molecule has 0 saturated carbocycles. The predicted octanol–water partition coefficient (Wildman–Crippen LogP) is 3.84. The number of pyridine rings is 2. The van der Waals surface area contributed by atoms with Gasteiger partial charge in [0.05, 0.1) is 15.9 Å². The van der Waals surface area contributed by atoms with Crippen molar-refractivity contribution < 1.29 is 9.53 Å². The van der Waals surface area contributed by atoms with Gasteiger partial charge in [-0.3, -0.25) is 14.5 Å². The maximum absolute atomic E-state index is 12.8. The van der Waals surface area contributed by atoms with Crippen molar-refractivity contribution in [2.24, 2.45) is 13.0 Å². The molecule has 7 nitrogen and oxygen atoms in total. The van der Waals surface area contributed by atoms with Crippen molar-refractivity contribution in [3.8, 4) is 11.4 Å². The lowest BCUT2D eigenvalue weighted by atomic mass is 10.0. The molecule has 1 N–H and O–H groups in total. The van der Waals surface area contributed by atoms with Crippen LogP contribution in [0.2, 0.25) is 0 Å². The second-order valence-corrected chi connectivity index (χ2v) is 9.09. The molecule has 1 aliphatic rings. The summed E-state index contributed by atoms with van der Waals surface area (Å²) in [4.78, 5) is 22.0. The van der Waals surface area contributed by atoms with Gasteiger partial charge in [0.15, 0.2) is 0 Å². The Labute approximate surface area is 190 Å². The first-order valence-electron chi connectivity index (χ1n) is 10.8. The number of hydrogen-bond acceptors (Lipinski definition) is 6. The van der Waals surface area contributed by atoms with E-state index >= 15 is 0 Å². The molecule has 0 bridgehead atoms. The third-order valence-electron chi connectivity index (χ3n) is 5.81. The number of fused-ring (bicyclic) bond motifs is 1. The zero-order valence-electron chi connectivity index (χ0n) is 18.0. The van der Waals surface area contributed by atoms with Crippen LogP contribution in [0.1, 0.15) is 34.5 Å². The predicted molar refractivity (Wildman–Crippen MR) is 125 cm³/mol. The molecule has 32 heavy (non-hydrogen) atoms. The summed E-state index contributed by atoms with van der Waals surface area (Å²) in [5.74, 6) is 0.357. The van der Waals surface area contributed by atoms with Crippen LogP contribution in [0.4, 0.5) is 0 Å². The van der Waals surface area contributed by atoms with E-state index in [0.29, 0.717) is 24.6 Å². The fourth-order valence-electron chi connectivity index (χ4n) is 4.00. The van der Waals surface area contributed by atoms with Crippen molar-refractivity contribution in [2.45, 2.75) is 19.3 Å². The first-order valence-corrected chi connectivity index (χ1v) is 11.7. The van der Waals surface area contributed by atoms with Gasteiger partial charge in [-0.15, -0.1) is 11.3 Å². The average Bonchev–Trinajstić information content (AvgIpc) is 3.48. The number of rotatable bonds is 6. The number of hydrogen-bond donors (Lipinski definition) is 1. The Hall–Kier alpha value is -3.10. The van der Waals surface area contributed by atoms with Gasteiger partial charge in [-0.2, -0.15) is 5.10 Å². The highest BCUT2D eigenvalue weighted by Gasteiger charge is 2.17. The van der Waals surface area contributed by atoms with E-state index in [4.69, 9.17) is 4.74 Å². The second-order valence-electron chi connectivity index (χ2n) is 8.17. The highest BCUT2D eigenvalue weighted by atomic mass is 32.1. The number of amides is 1. The third-order valence-corrected chi connectivity index (χ3v) is 6.79. The van der Waals surface area contributed by atoms with Crippen LogP contribution in [0, 0.1) is 5.92 Å². The van der Waals surface area contributed by atoms with E-state index in [0.717, 1.165) is 58.8 Å². The lowest BCUT2D eigenvalue weighted by Gasteiger charge is -2.22. The molecule has 0 unspecified atom stereocenters. The number of aromatic nitrogens is 4. The van der Waals surface area contributed by atoms with Gasteiger partial charge in [-0.1, -0.05) is 6.07 Å². The standard InChI is InChI=1S/C24H25N5O2S/c1-29-8-4-20(28-29)19-3-2-17(15-25-19)12-18-13-22(27-21-7-11-32-23(18)21)24(30)26-14-16-5-9-31-10-6-16/h2-4,7-8,11,13,15-16H,5-6,9-10,12,14H2,1H3,(H,26,30). The summed E-state index contributed by atoms with van der Waals surface area (Å²) in [7, 11) is 1.89. The molecule has 4 aromatic heterocycles. The van der Waals surface area contributed by atoms with Gasteiger partial charge in [0.2, 0.25) is 0 Å². The molecule has 0 aromatic carbocycles. The molecular formula is C24H25N5O2S. The molecule has 8 heteroatoms. The minimum atomic E-state index is -0.116. The third kappa shape index (κ3) is 4.56. The monoisotopic (exact) mass is 447 g/mol. The number of carbonyl (C=O) groups is 1. The zero-order valence-corrected chi connectivity index (χ0v) is 18.8. The van der Waals surface area contributed by atoms with E-state index in [2.05, 4.69) is 26.4 Å². The van der Waals surface area contributed by atoms with Gasteiger partial charge in [0, 0.05) is 45.6 Å². The van der Waals surface area contributed by atoms with Gasteiger partial charge in [-0.25, -0.2) is 4.98 Å². The summed E-state index contributed by atoms with van der Waals surface area (Å²) in [5.41, 5.74) is 5.20. The average molecular weight is 448 g/mol. The summed E-state index contributed by atoms with van der Waals surface area (Å²) >= 11 is 1.65. The van der Waals surface area contributed by atoms with Crippen LogP contribution in [-0.4, -0.2) is 45.4 Å². The van der Waals surface area contributed by atoms with Crippen LogP contribution in [0.15, 0.2) is 48.1 Å². The fraction of sp³-hybridized carbons (Fsp3) is 0.333. The topological polar surface area (TPSA) is 81.9 Å². The van der Waals surface area contributed by atoms with Crippen molar-refractivity contribution in [1.29, 1.82) is 0 Å². The molecule has 1 saturated heterocycles. The first-order chi connectivity index (χ1) is 15.7. The maximum Gasteiger partial charge on any atom is 0.269 e. The van der Waals surface area contributed by atoms with E-state index in [1.807, 2.05) is 49.1 Å². The Morgan fingerprint density at radius 1 is 1.22 bits per heavy atom. The lowest BCUT2D eigenvalue weighted by molar-refractivity contribution is 0.0642. The van der Waals surface area contributed by atoms with Gasteiger partial charge < -0.3 is 10.1 Å². The molecule has 4 aromatic rings. The quantitative estimate of drug-likeness (QED) is 0.486. The van der Waals surface area contributed by atoms with Crippen LogP contribution in [0.3, 0.4) is 0 Å². The Morgan fingerprint density at radius 3 is 2.84 bits per heavy atom. The van der Waals surface area contributed by atoms with Crippen LogP contribution >= 0.6 is 11.3 Å². The van der Waals surface area contributed by atoms with Crippen molar-refractivity contribution in [3.63, 3.8) is 0 Å². The highest BCUT2D eigenvalue weighted by Crippen LogP contribution is 2.27. The summed E-state index contributed by atoms with van der Waals surface area (Å²) in [6, 6.07) is 9.91. The van der Waals surface area contributed by atoms with Gasteiger partial charge in [0.25, 0.3) is 5.91 Å². The molecule has 1 fully saturated rings. The van der Waals surface area contributed by atoms with E-state index in [-0.39, 0.29) is 5.91 Å². The Kier molecular flexibility index (Phi) is 5.96. The maximum atomic E-state index is 12.8. The molecule has 0 aliphatic carbocycles. The minimum Gasteiger partial charge on any atom is -0.381 e. The Bertz CT molecular complexity index is 1220. The molecule has 5 rings (SSSR count). The zero-order chi connectivity index (χ0) is 21.9. The van der Waals surface area contributed by atoms with Crippen molar-refractivity contribution >= 4 is 27.5 Å². The van der Waals surface area contributed by atoms with E-state index < -0.39 is 0 Å². The highest BCUT2D eigenvalue weighted by molar-refractivity contribution is 7.17. The van der Waals surface area contributed by atoms with Gasteiger partial charge >= 0.3 is 0 Å². The largest absolute Gasteiger partial charge is 0.381 e. The molecule has 164 valence electrons. The molecule has 0 spiro atoms. The number of aryl methyl sites for hydroxylation is 1. The number of nitrogens with one attached hydrogen (secondary N) is 1. The van der Waals surface area contributed by atoms with Gasteiger partial charge in [-0.05, 0) is 59.5 Å². The lowest BCUT2D eigenvalue weighted by Crippen LogP contribution is -2.32. The van der Waals surface area contributed by atoms with Crippen LogP contribution < -0.4 is 5.32 Å². The molecule has 0 atom stereocenters. The van der Waals surface area contributed by atoms with Crippen molar-refractivity contribution in [1.82, 2.24) is 25.1 Å². The summed E-state index contributed by atoms with van der Waals surface area (Å²) in [6.07, 6.45) is 6.46. The van der Waals surface area contributed by atoms with E-state index in [1.54, 1.807) is 16.0 Å². The fourth-order valence-corrected chi connectivity index (χ4v) is 4.85. The summed E-state index contributed by atoms with van der Waals surface area (Å²) in [5, 5.41) is 9.50. The first kappa shape index (κ1) is 20.8. The number of thiophene rings is 1. The summed E-state index contributed by atoms with van der Waals surface area (Å²) < 4.78 is 8.28. The van der Waals surface area contributed by atoms with Crippen LogP contribution in [0.25, 0.3) is 21.6 Å². The normalized spacial score (nSPS) is 14.7. The number of nitrogens with zero attached hydrogens (tertiary/aromatic N) is 4. The van der Waals surface area contributed by atoms with Crippen molar-refractivity contribution in [3.05, 3.63) is 64.9 Å². The minimum absolute atomic E-state index is 0.116. The molecule has 5 heterocycles. The van der Waals surface area contributed by atoms with Crippen LogP contribution in [0.5, 0.6) is 0 Å². The number of ether oxygens (including phenoxy) is 1. The van der Waals surface area contributed by atoms with Crippen LogP contribution in [-0.2, 0) is 18.2 Å². The SMILES string of the molecule is Cn1ccc(-c2ccc(Cc3cc(C(=O)NCC4CCOCC4)nc4ccsc34)cn2)n1. The smallest absolute Gasteiger partial charge is 0.269 e. The van der Waals surface area contributed by atoms with E-state index in [9.17, 15) is 4.79 Å². The second kappa shape index (κ2) is 9.18. The Balaban J connectivity index is 1.34. The van der Waals surface area contributed by atoms with Crippen molar-refractivity contribution in [2.75, 3.05) is 19.8 Å². The number of carbonyl (C=O) groups excluding carboxylic acids is 1. The molecular weight excluding hydrogens is 422 g/mol. The molecule has 0 radical (unpaired) electrons. The summed E-state index contributed by atoms with van der Waals surface area (Å²) in [6.45, 7) is 2.22. The molecule has 1 amide bonds. The van der Waals surface area contributed by atoms with Gasteiger partial charge in [0.1, 0.15) is 11.4 Å². The molecule has 1 aliphatic heterocycles. The Morgan fingerprint density at radius 2 is 2.09 bits per heavy atom.